The first-order valence-electron chi connectivity index (χ1n) is 7.97. The number of esters is 1. The lowest BCUT2D eigenvalue weighted by Gasteiger charge is -2.31. The number of hydrogen-bond acceptors (Lipinski definition) is 5. The predicted octanol–water partition coefficient (Wildman–Crippen LogP) is 3.50. The Kier molecular flexibility index (Phi) is 4.20. The largest absolute Gasteiger partial charge is 0.464 e. The lowest BCUT2D eigenvalue weighted by Crippen LogP contribution is -2.39. The number of ether oxygens (including phenoxy) is 2. The second kappa shape index (κ2) is 6.20. The van der Waals surface area contributed by atoms with Crippen LogP contribution in [-0.4, -0.2) is 34.7 Å². The fourth-order valence-corrected chi connectivity index (χ4v) is 2.69. The molecule has 2 aromatic rings. The Bertz CT molecular complexity index is 881. The second-order valence-electron chi connectivity index (χ2n) is 6.83. The minimum absolute atomic E-state index is 0.152. The quantitative estimate of drug-likeness (QED) is 0.743. The number of carbonyl (C=O) groups excluding carboxylic acids is 2. The van der Waals surface area contributed by atoms with E-state index < -0.39 is 17.7 Å². The van der Waals surface area contributed by atoms with Crippen molar-refractivity contribution in [3.8, 4) is 0 Å². The van der Waals surface area contributed by atoms with Gasteiger partial charge in [0.2, 0.25) is 0 Å². The lowest BCUT2D eigenvalue weighted by molar-refractivity contribution is -0.138. The van der Waals surface area contributed by atoms with Gasteiger partial charge in [0.1, 0.15) is 11.3 Å². The van der Waals surface area contributed by atoms with Crippen LogP contribution in [0.3, 0.4) is 0 Å². The van der Waals surface area contributed by atoms with E-state index in [0.29, 0.717) is 0 Å². The summed E-state index contributed by atoms with van der Waals surface area (Å²) in [5, 5.41) is 0.973. The van der Waals surface area contributed by atoms with E-state index in [1.54, 1.807) is 33.0 Å². The highest BCUT2D eigenvalue weighted by Crippen LogP contribution is 2.30. The molecule has 0 radical (unpaired) electrons. The Morgan fingerprint density at radius 2 is 2.00 bits per heavy atom. The van der Waals surface area contributed by atoms with Crippen molar-refractivity contribution < 1.29 is 19.1 Å². The van der Waals surface area contributed by atoms with Crippen LogP contribution in [0.5, 0.6) is 0 Å². The van der Waals surface area contributed by atoms with Gasteiger partial charge in [0.25, 0.3) is 0 Å². The zero-order chi connectivity index (χ0) is 18.2. The second-order valence-corrected chi connectivity index (χ2v) is 6.83. The van der Waals surface area contributed by atoms with E-state index in [1.165, 1.54) is 12.0 Å². The van der Waals surface area contributed by atoms with E-state index in [2.05, 4.69) is 4.98 Å². The van der Waals surface area contributed by atoms with E-state index in [4.69, 9.17) is 9.47 Å². The molecule has 130 valence electrons. The Balaban J connectivity index is 2.06. The van der Waals surface area contributed by atoms with Gasteiger partial charge in [0.05, 0.1) is 19.2 Å². The van der Waals surface area contributed by atoms with E-state index in [-0.39, 0.29) is 12.2 Å². The number of fused-ring (bicyclic) bond motifs is 2. The van der Waals surface area contributed by atoms with Gasteiger partial charge in [0, 0.05) is 11.6 Å². The Hall–Kier alpha value is -2.89. The normalized spacial score (nSPS) is 13.9. The number of benzene rings is 1. The third-order valence-corrected chi connectivity index (χ3v) is 3.78. The van der Waals surface area contributed by atoms with Crippen molar-refractivity contribution in [2.45, 2.75) is 32.9 Å². The zero-order valence-electron chi connectivity index (χ0n) is 14.7. The molecule has 0 N–H and O–H groups in total. The average Bonchev–Trinajstić information content (AvgIpc) is 2.56. The van der Waals surface area contributed by atoms with Crippen LogP contribution in [0.25, 0.3) is 17.0 Å². The number of aromatic nitrogens is 1. The summed E-state index contributed by atoms with van der Waals surface area (Å²) in [4.78, 5) is 30.4. The van der Waals surface area contributed by atoms with Crippen LogP contribution >= 0.6 is 0 Å². The molecule has 0 aliphatic carbocycles. The third kappa shape index (κ3) is 3.47. The average molecular weight is 340 g/mol. The van der Waals surface area contributed by atoms with Crippen LogP contribution < -0.4 is 0 Å². The smallest absolute Gasteiger partial charge is 0.415 e. The number of methoxy groups -OCH3 is 1. The van der Waals surface area contributed by atoms with Gasteiger partial charge in [-0.3, -0.25) is 9.88 Å². The monoisotopic (exact) mass is 340 g/mol. The molecule has 1 aromatic carbocycles. The summed E-state index contributed by atoms with van der Waals surface area (Å²) in [6.45, 7) is 5.58. The van der Waals surface area contributed by atoms with E-state index >= 15 is 0 Å². The van der Waals surface area contributed by atoms with Gasteiger partial charge >= 0.3 is 12.1 Å². The maximum atomic E-state index is 12.6. The van der Waals surface area contributed by atoms with Crippen LogP contribution in [0.4, 0.5) is 4.79 Å². The molecule has 6 heteroatoms. The summed E-state index contributed by atoms with van der Waals surface area (Å²) < 4.78 is 10.3. The molecule has 6 nitrogen and oxygen atoms in total. The van der Waals surface area contributed by atoms with Gasteiger partial charge in [-0.15, -0.1) is 0 Å². The minimum Gasteiger partial charge on any atom is -0.464 e. The number of carbonyl (C=O) groups is 2. The summed E-state index contributed by atoms with van der Waals surface area (Å²) in [6, 6.07) is 7.69. The molecule has 0 spiro atoms. The molecule has 0 saturated carbocycles. The van der Waals surface area contributed by atoms with Gasteiger partial charge in [0.15, 0.2) is 0 Å². The standard InChI is InChI=1S/C19H20N2O4/c1-19(2,3)25-18(23)21-11-14-8-12-6-5-7-20-15(12)9-13(14)10-16(21)17(22)24-4/h5-10H,11H2,1-4H3. The Morgan fingerprint density at radius 1 is 1.24 bits per heavy atom. The molecular weight excluding hydrogens is 320 g/mol. The summed E-state index contributed by atoms with van der Waals surface area (Å²) >= 11 is 0. The highest BCUT2D eigenvalue weighted by molar-refractivity contribution is 5.98. The molecule has 0 saturated heterocycles. The summed E-state index contributed by atoms with van der Waals surface area (Å²) in [6.07, 6.45) is 2.78. The molecule has 0 atom stereocenters. The van der Waals surface area contributed by atoms with Gasteiger partial charge in [-0.05, 0) is 56.2 Å². The number of hydrogen-bond donors (Lipinski definition) is 0. The molecule has 2 heterocycles. The van der Waals surface area contributed by atoms with Crippen molar-refractivity contribution in [2.75, 3.05) is 7.11 Å². The molecule has 0 bridgehead atoms. The maximum Gasteiger partial charge on any atom is 0.415 e. The molecule has 3 rings (SSSR count). The molecular formula is C19H20N2O4. The van der Waals surface area contributed by atoms with Crippen molar-refractivity contribution >= 4 is 29.0 Å². The lowest BCUT2D eigenvalue weighted by atomic mass is 9.99. The molecule has 1 aromatic heterocycles. The van der Waals surface area contributed by atoms with Crippen molar-refractivity contribution in [3.05, 3.63) is 47.3 Å². The van der Waals surface area contributed by atoms with Gasteiger partial charge < -0.3 is 9.47 Å². The number of rotatable bonds is 1. The van der Waals surface area contributed by atoms with Gasteiger partial charge in [-0.25, -0.2) is 9.59 Å². The molecule has 1 amide bonds. The maximum absolute atomic E-state index is 12.6. The molecule has 25 heavy (non-hydrogen) atoms. The van der Waals surface area contributed by atoms with Crippen molar-refractivity contribution in [1.29, 1.82) is 0 Å². The highest BCUT2D eigenvalue weighted by atomic mass is 16.6. The van der Waals surface area contributed by atoms with Crippen LogP contribution in [0, 0.1) is 0 Å². The Morgan fingerprint density at radius 3 is 2.68 bits per heavy atom. The fourth-order valence-electron chi connectivity index (χ4n) is 2.69. The van der Waals surface area contributed by atoms with E-state index in [1.807, 2.05) is 24.3 Å². The molecule has 1 aliphatic rings. The summed E-state index contributed by atoms with van der Waals surface area (Å²) in [7, 11) is 1.29. The first kappa shape index (κ1) is 17.0. The number of amides is 1. The van der Waals surface area contributed by atoms with Crippen molar-refractivity contribution in [2.24, 2.45) is 0 Å². The first-order chi connectivity index (χ1) is 11.8. The zero-order valence-corrected chi connectivity index (χ0v) is 14.7. The van der Waals surface area contributed by atoms with E-state index in [9.17, 15) is 9.59 Å². The van der Waals surface area contributed by atoms with Crippen LogP contribution in [0.2, 0.25) is 0 Å². The minimum atomic E-state index is -0.661. The predicted molar refractivity (Wildman–Crippen MR) is 93.5 cm³/mol. The molecule has 0 unspecified atom stereocenters. The van der Waals surface area contributed by atoms with Crippen LogP contribution in [-0.2, 0) is 20.8 Å². The fraction of sp³-hybridized carbons (Fsp3) is 0.316. The molecule has 0 fully saturated rings. The SMILES string of the molecule is COC(=O)C1=Cc2cc3ncccc3cc2CN1C(=O)OC(C)(C)C. The Labute approximate surface area is 146 Å². The summed E-state index contributed by atoms with van der Waals surface area (Å²) in [5.74, 6) is -0.586. The summed E-state index contributed by atoms with van der Waals surface area (Å²) in [5.41, 5.74) is 2.07. The highest BCUT2D eigenvalue weighted by Gasteiger charge is 2.32. The van der Waals surface area contributed by atoms with Gasteiger partial charge in [-0.1, -0.05) is 6.07 Å². The number of pyridine rings is 1. The van der Waals surface area contributed by atoms with Crippen molar-refractivity contribution in [3.63, 3.8) is 0 Å². The van der Waals surface area contributed by atoms with Crippen molar-refractivity contribution in [1.82, 2.24) is 9.88 Å². The first-order valence-corrected chi connectivity index (χ1v) is 7.97. The van der Waals surface area contributed by atoms with Crippen LogP contribution in [0.1, 0.15) is 31.9 Å². The van der Waals surface area contributed by atoms with E-state index in [0.717, 1.165) is 22.0 Å². The molecule has 1 aliphatic heterocycles. The topological polar surface area (TPSA) is 68.7 Å². The van der Waals surface area contributed by atoms with Crippen LogP contribution in [0.15, 0.2) is 36.2 Å². The number of nitrogens with zero attached hydrogens (tertiary/aromatic N) is 2. The third-order valence-electron chi connectivity index (χ3n) is 3.78. The van der Waals surface area contributed by atoms with Gasteiger partial charge in [-0.2, -0.15) is 0 Å².